The van der Waals surface area contributed by atoms with Crippen molar-refractivity contribution in [2.45, 2.75) is 0 Å². The summed E-state index contributed by atoms with van der Waals surface area (Å²) in [5.41, 5.74) is 3.22. The van der Waals surface area contributed by atoms with Gasteiger partial charge >= 0.3 is 22.4 Å². The minimum absolute atomic E-state index is 0.663. The number of hydroxylamine groups is 2. The monoisotopic (exact) mass is 266 g/mol. The highest BCUT2D eigenvalue weighted by Crippen LogP contribution is 1.84. The predicted molar refractivity (Wildman–Crippen MR) is 56.4 cm³/mol. The Labute approximate surface area is 100 Å². The fourth-order valence-corrected chi connectivity index (χ4v) is 0.483. The van der Waals surface area contributed by atoms with E-state index in [1.807, 2.05) is 0 Å². The lowest BCUT2D eigenvalue weighted by Crippen LogP contribution is -2.22. The van der Waals surface area contributed by atoms with Crippen LogP contribution in [0.2, 0.25) is 0 Å². The molecule has 0 aliphatic heterocycles. The summed E-state index contributed by atoms with van der Waals surface area (Å²) in [7, 11) is 0. The summed E-state index contributed by atoms with van der Waals surface area (Å²) in [5.74, 6) is -2.06. The Morgan fingerprint density at radius 2 is 1.12 bits per heavy atom. The van der Waals surface area contributed by atoms with E-state index in [-0.39, 0.29) is 0 Å². The molecule has 88 valence electrons. The largest absolute Gasteiger partial charge is 0.356 e. The van der Waals surface area contributed by atoms with Crippen molar-refractivity contribution in [3.63, 3.8) is 0 Å². The van der Waals surface area contributed by atoms with E-state index in [4.69, 9.17) is 0 Å². The molecule has 0 saturated heterocycles. The van der Waals surface area contributed by atoms with Crippen LogP contribution in [-0.2, 0) is 19.3 Å². The molecule has 0 bridgehead atoms. The van der Waals surface area contributed by atoms with Gasteiger partial charge in [-0.15, -0.1) is 0 Å². The molecule has 0 radical (unpaired) electrons. The number of carbonyl (C=O) groups excluding carboxylic acids is 4. The first-order valence-corrected chi connectivity index (χ1v) is 4.39. The number of rotatable bonds is 2. The van der Waals surface area contributed by atoms with Crippen LogP contribution in [-0.4, -0.2) is 22.4 Å². The second-order valence-electron chi connectivity index (χ2n) is 1.99. The van der Waals surface area contributed by atoms with Crippen molar-refractivity contribution in [1.82, 2.24) is 11.0 Å². The van der Waals surface area contributed by atoms with E-state index in [9.17, 15) is 19.2 Å². The van der Waals surface area contributed by atoms with Gasteiger partial charge in [-0.05, 0) is 0 Å². The Kier molecular flexibility index (Phi) is 6.79. The van der Waals surface area contributed by atoms with Crippen LogP contribution in [0.3, 0.4) is 0 Å². The standard InChI is InChI=1S/C6H6N2O6S2/c9-3(13-7-5(11)15)1-2-4(10)14-8-6(12)16/h1-2H,(H2,7,11,15)(H2,8,12,16). The SMILES string of the molecule is O=C(S)NOC(=O)C=CC(=O)ONC(=O)S. The molecule has 0 rings (SSSR count). The smallest absolute Gasteiger partial charge is 0.335 e. The first-order valence-electron chi connectivity index (χ1n) is 3.49. The molecule has 0 aromatic heterocycles. The van der Waals surface area contributed by atoms with Gasteiger partial charge in [-0.3, -0.25) is 9.59 Å². The Morgan fingerprint density at radius 1 is 0.812 bits per heavy atom. The van der Waals surface area contributed by atoms with E-state index < -0.39 is 22.4 Å². The van der Waals surface area contributed by atoms with Crippen molar-refractivity contribution in [1.29, 1.82) is 0 Å². The van der Waals surface area contributed by atoms with Gasteiger partial charge in [0.15, 0.2) is 0 Å². The zero-order valence-electron chi connectivity index (χ0n) is 7.50. The lowest BCUT2D eigenvalue weighted by atomic mass is 10.5. The second-order valence-corrected chi connectivity index (χ2v) is 2.80. The quantitative estimate of drug-likeness (QED) is 0.311. The molecule has 16 heavy (non-hydrogen) atoms. The molecule has 0 spiro atoms. The van der Waals surface area contributed by atoms with E-state index in [2.05, 4.69) is 34.9 Å². The molecule has 0 saturated carbocycles. The first kappa shape index (κ1) is 14.3. The lowest BCUT2D eigenvalue weighted by Gasteiger charge is -1.99. The van der Waals surface area contributed by atoms with Gasteiger partial charge in [0.2, 0.25) is 0 Å². The lowest BCUT2D eigenvalue weighted by molar-refractivity contribution is -0.144. The van der Waals surface area contributed by atoms with Crippen LogP contribution >= 0.6 is 25.3 Å². The Bertz CT molecular complexity index is 310. The molecule has 0 unspecified atom stereocenters. The van der Waals surface area contributed by atoms with Crippen molar-refractivity contribution in [2.75, 3.05) is 0 Å². The third kappa shape index (κ3) is 8.90. The van der Waals surface area contributed by atoms with Crippen molar-refractivity contribution in [3.8, 4) is 0 Å². The molecule has 0 fully saturated rings. The van der Waals surface area contributed by atoms with Crippen molar-refractivity contribution >= 4 is 47.7 Å². The maximum atomic E-state index is 10.7. The van der Waals surface area contributed by atoms with Gasteiger partial charge in [0.25, 0.3) is 0 Å². The third-order valence-corrected chi connectivity index (χ3v) is 1.02. The minimum Gasteiger partial charge on any atom is -0.335 e. The van der Waals surface area contributed by atoms with Crippen LogP contribution in [0.25, 0.3) is 0 Å². The summed E-state index contributed by atoms with van der Waals surface area (Å²) in [6.07, 6.45) is 1.33. The normalized spacial score (nSPS) is 9.38. The fraction of sp³-hybridized carbons (Fsp3) is 0. The molecule has 2 amide bonds. The molecule has 0 aromatic carbocycles. The third-order valence-electron chi connectivity index (χ3n) is 0.833. The van der Waals surface area contributed by atoms with E-state index in [0.29, 0.717) is 12.2 Å². The molecule has 0 atom stereocenters. The fourth-order valence-electron chi connectivity index (χ4n) is 0.392. The van der Waals surface area contributed by atoms with Crippen LogP contribution in [0, 0.1) is 0 Å². The maximum absolute atomic E-state index is 10.7. The zero-order valence-corrected chi connectivity index (χ0v) is 9.29. The summed E-state index contributed by atoms with van der Waals surface area (Å²) in [4.78, 5) is 49.9. The van der Waals surface area contributed by atoms with Crippen LogP contribution in [0.5, 0.6) is 0 Å². The van der Waals surface area contributed by atoms with Crippen LogP contribution in [0.4, 0.5) is 9.59 Å². The van der Waals surface area contributed by atoms with Gasteiger partial charge in [0.05, 0.1) is 0 Å². The summed E-state index contributed by atoms with van der Waals surface area (Å²) >= 11 is 6.48. The second kappa shape index (κ2) is 7.59. The molecule has 0 aromatic rings. The number of carbonyl (C=O) groups is 4. The molecular formula is C6H6N2O6S2. The number of nitrogens with one attached hydrogen (secondary N) is 2. The van der Waals surface area contributed by atoms with Gasteiger partial charge in [-0.1, -0.05) is 25.3 Å². The predicted octanol–water partition coefficient (Wildman–Crippen LogP) is -0.262. The highest BCUT2D eigenvalue weighted by Gasteiger charge is 2.03. The number of hydrogen-bond acceptors (Lipinski definition) is 6. The molecular weight excluding hydrogens is 260 g/mol. The van der Waals surface area contributed by atoms with Crippen molar-refractivity contribution in [2.24, 2.45) is 0 Å². The summed E-state index contributed by atoms with van der Waals surface area (Å²) in [6.45, 7) is 0. The van der Waals surface area contributed by atoms with Gasteiger partial charge in [-0.25, -0.2) is 9.59 Å². The minimum atomic E-state index is -1.03. The number of thiol groups is 2. The summed E-state index contributed by atoms with van der Waals surface area (Å²) in [6, 6.07) is 0. The molecule has 0 heterocycles. The average molecular weight is 266 g/mol. The number of amides is 2. The topological polar surface area (TPSA) is 111 Å². The number of hydrogen-bond donors (Lipinski definition) is 4. The van der Waals surface area contributed by atoms with E-state index >= 15 is 0 Å². The van der Waals surface area contributed by atoms with E-state index in [0.717, 1.165) is 0 Å². The van der Waals surface area contributed by atoms with Crippen molar-refractivity contribution < 1.29 is 28.9 Å². The molecule has 2 N–H and O–H groups in total. The van der Waals surface area contributed by atoms with E-state index in [1.165, 1.54) is 0 Å². The van der Waals surface area contributed by atoms with Crippen LogP contribution < -0.4 is 11.0 Å². The van der Waals surface area contributed by atoms with Gasteiger partial charge in [0, 0.05) is 12.2 Å². The molecule has 10 heteroatoms. The Morgan fingerprint density at radius 3 is 1.38 bits per heavy atom. The average Bonchev–Trinajstić information content (AvgIpc) is 2.20. The van der Waals surface area contributed by atoms with Crippen LogP contribution in [0.1, 0.15) is 0 Å². The molecule has 0 aliphatic rings. The Hall–Kier alpha value is -1.68. The highest BCUT2D eigenvalue weighted by molar-refractivity contribution is 7.96. The summed E-state index contributed by atoms with van der Waals surface area (Å²) < 4.78 is 0. The Balaban J connectivity index is 3.88. The molecule has 0 aliphatic carbocycles. The first-order chi connectivity index (χ1) is 7.41. The van der Waals surface area contributed by atoms with Gasteiger partial charge < -0.3 is 9.68 Å². The highest BCUT2D eigenvalue weighted by atomic mass is 32.1. The summed E-state index contributed by atoms with van der Waals surface area (Å²) in [5, 5.41) is -1.77. The van der Waals surface area contributed by atoms with Crippen molar-refractivity contribution in [3.05, 3.63) is 12.2 Å². The van der Waals surface area contributed by atoms with Gasteiger partial charge in [0.1, 0.15) is 0 Å². The zero-order chi connectivity index (χ0) is 12.6. The van der Waals surface area contributed by atoms with E-state index in [1.54, 1.807) is 11.0 Å². The molecule has 8 nitrogen and oxygen atoms in total. The van der Waals surface area contributed by atoms with Crippen LogP contribution in [0.15, 0.2) is 12.2 Å². The van der Waals surface area contributed by atoms with Gasteiger partial charge in [-0.2, -0.15) is 11.0 Å². The maximum Gasteiger partial charge on any atom is 0.356 e.